The van der Waals surface area contributed by atoms with E-state index in [9.17, 15) is 4.79 Å². The topological polar surface area (TPSA) is 57.7 Å². The Balaban J connectivity index is 2.32. The molecule has 1 aromatic rings. The summed E-state index contributed by atoms with van der Waals surface area (Å²) >= 11 is 1.31. The molecule has 0 aliphatic rings. The number of unbranched alkanes of at least 4 members (excludes halogenated alkanes) is 1. The Morgan fingerprint density at radius 1 is 1.21 bits per heavy atom. The summed E-state index contributed by atoms with van der Waals surface area (Å²) in [6, 6.07) is 0. The molecule has 1 rings (SSSR count). The highest BCUT2D eigenvalue weighted by molar-refractivity contribution is 7.13. The fourth-order valence-corrected chi connectivity index (χ4v) is 3.55. The highest BCUT2D eigenvalue weighted by atomic mass is 32.1. The number of aryl methyl sites for hydroxylation is 1. The maximum absolute atomic E-state index is 11.7. The summed E-state index contributed by atoms with van der Waals surface area (Å²) in [5.41, 5.74) is 0. The van der Waals surface area contributed by atoms with Crippen molar-refractivity contribution in [2.75, 3.05) is 19.8 Å². The molecular weight excluding hydrogens is 342 g/mol. The van der Waals surface area contributed by atoms with E-state index in [0.717, 1.165) is 24.3 Å². The molecule has 0 fully saturated rings. The van der Waals surface area contributed by atoms with Gasteiger partial charge in [-0.25, -0.2) is 4.79 Å². The number of nitrogens with zero attached hydrogens (tertiary/aromatic N) is 1. The van der Waals surface area contributed by atoms with Crippen molar-refractivity contribution in [3.05, 3.63) is 9.88 Å². The number of hydrogen-bond acceptors (Lipinski definition) is 6. The van der Waals surface area contributed by atoms with Gasteiger partial charge in [0.1, 0.15) is 0 Å². The Morgan fingerprint density at radius 3 is 2.42 bits per heavy atom. The number of ether oxygens (including phenoxy) is 2. The zero-order valence-corrected chi connectivity index (χ0v) is 17.8. The summed E-state index contributed by atoms with van der Waals surface area (Å²) in [7, 11) is -1.66. The van der Waals surface area contributed by atoms with Crippen LogP contribution in [0.25, 0.3) is 0 Å². The molecule has 0 atom stereocenters. The molecule has 0 aliphatic carbocycles. The van der Waals surface area contributed by atoms with Crippen molar-refractivity contribution in [1.82, 2.24) is 4.98 Å². The highest BCUT2D eigenvalue weighted by Crippen LogP contribution is 2.36. The first-order valence-electron chi connectivity index (χ1n) is 8.50. The second kappa shape index (κ2) is 8.96. The maximum Gasteiger partial charge on any atom is 0.367 e. The van der Waals surface area contributed by atoms with E-state index in [0.29, 0.717) is 24.1 Å². The second-order valence-electron chi connectivity index (χ2n) is 7.27. The van der Waals surface area contributed by atoms with E-state index >= 15 is 0 Å². The van der Waals surface area contributed by atoms with E-state index in [2.05, 4.69) is 38.8 Å². The van der Waals surface area contributed by atoms with Crippen molar-refractivity contribution in [3.8, 4) is 5.88 Å². The number of rotatable bonds is 9. The maximum atomic E-state index is 11.7. The molecule has 0 bridgehead atoms. The lowest BCUT2D eigenvalue weighted by Gasteiger charge is -2.36. The predicted molar refractivity (Wildman–Crippen MR) is 101 cm³/mol. The van der Waals surface area contributed by atoms with E-state index in [1.807, 2.05) is 6.92 Å². The molecule has 0 saturated carbocycles. The van der Waals surface area contributed by atoms with Gasteiger partial charge in [0.25, 0.3) is 0 Å². The summed E-state index contributed by atoms with van der Waals surface area (Å²) in [6.45, 7) is 16.6. The van der Waals surface area contributed by atoms with Crippen molar-refractivity contribution in [3.63, 3.8) is 0 Å². The SMILES string of the molecule is CCOC(=O)c1nc(OCCCCO[Si](C)(C)C(C)(C)C)c(C)s1. The van der Waals surface area contributed by atoms with Gasteiger partial charge in [-0.3, -0.25) is 0 Å². The van der Waals surface area contributed by atoms with Crippen molar-refractivity contribution in [2.45, 2.75) is 65.6 Å². The number of carbonyl (C=O) groups is 1. The lowest BCUT2D eigenvalue weighted by Crippen LogP contribution is -2.41. The monoisotopic (exact) mass is 373 g/mol. The molecule has 0 aromatic carbocycles. The van der Waals surface area contributed by atoms with Crippen LogP contribution in [0.5, 0.6) is 5.88 Å². The summed E-state index contributed by atoms with van der Waals surface area (Å²) in [4.78, 5) is 16.8. The Bertz CT molecular complexity index is 537. The predicted octanol–water partition coefficient (Wildman–Crippen LogP) is 4.81. The van der Waals surface area contributed by atoms with Gasteiger partial charge in [0.05, 0.1) is 18.1 Å². The van der Waals surface area contributed by atoms with Crippen molar-refractivity contribution >= 4 is 25.6 Å². The largest absolute Gasteiger partial charge is 0.477 e. The molecule has 0 amide bonds. The van der Waals surface area contributed by atoms with Crippen LogP contribution < -0.4 is 4.74 Å². The Hall–Kier alpha value is -0.923. The molecule has 7 heteroatoms. The van der Waals surface area contributed by atoms with Gasteiger partial charge >= 0.3 is 5.97 Å². The van der Waals surface area contributed by atoms with E-state index in [1.54, 1.807) is 6.92 Å². The minimum atomic E-state index is -1.66. The fraction of sp³-hybridized carbons (Fsp3) is 0.765. The molecular formula is C17H31NO4SSi. The molecule has 138 valence electrons. The molecule has 0 N–H and O–H groups in total. The van der Waals surface area contributed by atoms with Crippen molar-refractivity contribution in [2.24, 2.45) is 0 Å². The minimum Gasteiger partial charge on any atom is -0.477 e. The molecule has 1 heterocycles. The zero-order valence-electron chi connectivity index (χ0n) is 16.0. The average molecular weight is 374 g/mol. The number of aromatic nitrogens is 1. The number of thiazole rings is 1. The Kier molecular flexibility index (Phi) is 7.89. The van der Waals surface area contributed by atoms with Gasteiger partial charge in [-0.15, -0.1) is 11.3 Å². The lowest BCUT2D eigenvalue weighted by molar-refractivity contribution is 0.0525. The third-order valence-electron chi connectivity index (χ3n) is 4.25. The van der Waals surface area contributed by atoms with Gasteiger partial charge in [-0.1, -0.05) is 20.8 Å². The van der Waals surface area contributed by atoms with Crippen LogP contribution in [0.3, 0.4) is 0 Å². The van der Waals surface area contributed by atoms with Crippen LogP contribution >= 0.6 is 11.3 Å². The number of carbonyl (C=O) groups excluding carboxylic acids is 1. The quantitative estimate of drug-likeness (QED) is 0.353. The smallest absolute Gasteiger partial charge is 0.367 e. The summed E-state index contributed by atoms with van der Waals surface area (Å²) in [5, 5.41) is 0.593. The molecule has 0 spiro atoms. The van der Waals surface area contributed by atoms with Crippen LogP contribution in [0.4, 0.5) is 0 Å². The normalized spacial score (nSPS) is 12.3. The standard InChI is InChI=1S/C17H31NO4SSi/c1-8-20-16(19)15-18-14(13(2)23-15)21-11-9-10-12-22-24(6,7)17(3,4)5/h8-12H2,1-7H3. The van der Waals surface area contributed by atoms with E-state index in [-0.39, 0.29) is 11.0 Å². The first-order chi connectivity index (χ1) is 11.1. The van der Waals surface area contributed by atoms with Gasteiger partial charge in [-0.2, -0.15) is 4.98 Å². The van der Waals surface area contributed by atoms with E-state index in [1.165, 1.54) is 11.3 Å². The van der Waals surface area contributed by atoms with Crippen LogP contribution in [0.1, 0.15) is 55.2 Å². The van der Waals surface area contributed by atoms with Crippen molar-refractivity contribution in [1.29, 1.82) is 0 Å². The second-order valence-corrected chi connectivity index (χ2v) is 13.3. The highest BCUT2D eigenvalue weighted by Gasteiger charge is 2.36. The van der Waals surface area contributed by atoms with Crippen LogP contribution in [0, 0.1) is 6.92 Å². The van der Waals surface area contributed by atoms with Crippen LogP contribution in [0.2, 0.25) is 18.1 Å². The van der Waals surface area contributed by atoms with Gasteiger partial charge in [-0.05, 0) is 44.8 Å². The summed E-state index contributed by atoms with van der Waals surface area (Å²) in [5.74, 6) is 0.150. The Labute approximate surface area is 150 Å². The third kappa shape index (κ3) is 6.18. The number of esters is 1. The molecule has 5 nitrogen and oxygen atoms in total. The van der Waals surface area contributed by atoms with Gasteiger partial charge in [0.2, 0.25) is 10.9 Å². The van der Waals surface area contributed by atoms with Gasteiger partial charge in [0, 0.05) is 6.61 Å². The first-order valence-corrected chi connectivity index (χ1v) is 12.2. The van der Waals surface area contributed by atoms with Crippen LogP contribution in [-0.2, 0) is 9.16 Å². The molecule has 0 unspecified atom stereocenters. The van der Waals surface area contributed by atoms with Crippen LogP contribution in [0.15, 0.2) is 0 Å². The first kappa shape index (κ1) is 21.1. The third-order valence-corrected chi connectivity index (χ3v) is 9.72. The lowest BCUT2D eigenvalue weighted by atomic mass is 10.2. The molecule has 24 heavy (non-hydrogen) atoms. The molecule has 1 aromatic heterocycles. The Morgan fingerprint density at radius 2 is 1.83 bits per heavy atom. The fourth-order valence-electron chi connectivity index (χ4n) is 1.71. The van der Waals surface area contributed by atoms with E-state index in [4.69, 9.17) is 13.9 Å². The average Bonchev–Trinajstić information content (AvgIpc) is 2.83. The molecule has 0 radical (unpaired) electrons. The van der Waals surface area contributed by atoms with E-state index < -0.39 is 8.32 Å². The molecule has 0 aliphatic heterocycles. The number of hydrogen-bond donors (Lipinski definition) is 0. The zero-order chi connectivity index (χ0) is 18.4. The van der Waals surface area contributed by atoms with Gasteiger partial charge in [0.15, 0.2) is 8.32 Å². The molecule has 0 saturated heterocycles. The van der Waals surface area contributed by atoms with Crippen LogP contribution in [-0.4, -0.2) is 39.1 Å². The van der Waals surface area contributed by atoms with Crippen molar-refractivity contribution < 1.29 is 18.7 Å². The van der Waals surface area contributed by atoms with Gasteiger partial charge < -0.3 is 13.9 Å². The summed E-state index contributed by atoms with van der Waals surface area (Å²) < 4.78 is 16.8. The minimum absolute atomic E-state index is 0.241. The summed E-state index contributed by atoms with van der Waals surface area (Å²) in [6.07, 6.45) is 1.86.